The smallest absolute Gasteiger partial charge is 0.205 e. The fourth-order valence-corrected chi connectivity index (χ4v) is 2.17. The summed E-state index contributed by atoms with van der Waals surface area (Å²) in [6.07, 6.45) is 5.32. The molecule has 1 heterocycles. The highest BCUT2D eigenvalue weighted by atomic mass is 16.5. The van der Waals surface area contributed by atoms with Crippen LogP contribution in [-0.4, -0.2) is 49.9 Å². The Morgan fingerprint density at radius 1 is 1.35 bits per heavy atom. The summed E-state index contributed by atoms with van der Waals surface area (Å²) in [4.78, 5) is 6.98. The lowest BCUT2D eigenvalue weighted by Gasteiger charge is -2.19. The monoisotopic (exact) mass is 282 g/mol. The zero-order valence-electron chi connectivity index (χ0n) is 13.5. The molecule has 116 valence electrons. The number of anilines is 1. The number of hydrogen-bond donors (Lipinski definition) is 1. The van der Waals surface area contributed by atoms with E-state index in [0.29, 0.717) is 0 Å². The number of aryl methyl sites for hydroxylation is 2. The molecule has 0 aliphatic rings. The molecule has 1 aromatic rings. The first kappa shape index (κ1) is 17.0. The molecule has 0 saturated heterocycles. The first-order valence-corrected chi connectivity index (χ1v) is 7.72. The minimum atomic E-state index is 0.793. The van der Waals surface area contributed by atoms with E-state index in [1.807, 2.05) is 14.0 Å². The summed E-state index contributed by atoms with van der Waals surface area (Å²) >= 11 is 0. The van der Waals surface area contributed by atoms with E-state index in [-0.39, 0.29) is 0 Å². The number of hydrogen-bond acceptors (Lipinski definition) is 4. The first-order chi connectivity index (χ1) is 9.72. The van der Waals surface area contributed by atoms with Gasteiger partial charge in [-0.05, 0) is 39.8 Å². The van der Waals surface area contributed by atoms with E-state index in [2.05, 4.69) is 35.0 Å². The van der Waals surface area contributed by atoms with Gasteiger partial charge >= 0.3 is 0 Å². The third-order valence-electron chi connectivity index (χ3n) is 3.32. The van der Waals surface area contributed by atoms with Crippen LogP contribution in [-0.2, 0) is 17.7 Å². The maximum Gasteiger partial charge on any atom is 0.205 e. The largest absolute Gasteiger partial charge is 0.382 e. The highest BCUT2D eigenvalue weighted by Gasteiger charge is 2.11. The lowest BCUT2D eigenvalue weighted by molar-refractivity contribution is 0.141. The number of aromatic nitrogens is 2. The van der Waals surface area contributed by atoms with Crippen LogP contribution < -0.4 is 10.2 Å². The van der Waals surface area contributed by atoms with Crippen molar-refractivity contribution in [2.75, 3.05) is 45.3 Å². The van der Waals surface area contributed by atoms with Crippen LogP contribution in [0.15, 0.2) is 6.20 Å². The van der Waals surface area contributed by atoms with Gasteiger partial charge in [0.15, 0.2) is 0 Å². The van der Waals surface area contributed by atoms with Crippen molar-refractivity contribution in [1.29, 1.82) is 0 Å². The molecule has 5 nitrogen and oxygen atoms in total. The van der Waals surface area contributed by atoms with Gasteiger partial charge in [0, 0.05) is 39.5 Å². The fourth-order valence-electron chi connectivity index (χ4n) is 2.17. The van der Waals surface area contributed by atoms with Crippen LogP contribution in [0.5, 0.6) is 0 Å². The van der Waals surface area contributed by atoms with Crippen molar-refractivity contribution in [2.45, 2.75) is 39.7 Å². The molecule has 0 saturated carbocycles. The van der Waals surface area contributed by atoms with E-state index in [4.69, 9.17) is 9.72 Å². The van der Waals surface area contributed by atoms with Gasteiger partial charge in [-0.25, -0.2) is 4.98 Å². The van der Waals surface area contributed by atoms with Crippen LogP contribution in [0.3, 0.4) is 0 Å². The van der Waals surface area contributed by atoms with Crippen molar-refractivity contribution in [3.63, 3.8) is 0 Å². The van der Waals surface area contributed by atoms with Gasteiger partial charge in [0.25, 0.3) is 0 Å². The number of rotatable bonds is 11. The van der Waals surface area contributed by atoms with Crippen LogP contribution in [0.25, 0.3) is 0 Å². The Hall–Kier alpha value is -1.07. The highest BCUT2D eigenvalue weighted by Crippen LogP contribution is 2.14. The van der Waals surface area contributed by atoms with Crippen LogP contribution in [0.2, 0.25) is 0 Å². The van der Waals surface area contributed by atoms with Crippen molar-refractivity contribution in [1.82, 2.24) is 14.9 Å². The Morgan fingerprint density at radius 3 is 2.80 bits per heavy atom. The van der Waals surface area contributed by atoms with Crippen molar-refractivity contribution in [3.8, 4) is 0 Å². The number of imidazole rings is 1. The lowest BCUT2D eigenvalue weighted by atomic mass is 10.4. The van der Waals surface area contributed by atoms with E-state index in [0.717, 1.165) is 63.8 Å². The van der Waals surface area contributed by atoms with Crippen LogP contribution in [0, 0.1) is 0 Å². The van der Waals surface area contributed by atoms with Gasteiger partial charge in [-0.3, -0.25) is 0 Å². The Kier molecular flexibility index (Phi) is 8.30. The minimum absolute atomic E-state index is 0.793. The van der Waals surface area contributed by atoms with Gasteiger partial charge in [-0.15, -0.1) is 0 Å². The SMILES string of the molecule is CCOCCCn1cc(CC)nc1N(C)CCCNC. The molecule has 0 amide bonds. The van der Waals surface area contributed by atoms with Crippen LogP contribution in [0.4, 0.5) is 5.95 Å². The number of nitrogens with zero attached hydrogens (tertiary/aromatic N) is 3. The second-order valence-electron chi connectivity index (χ2n) is 5.01. The molecule has 0 unspecified atom stereocenters. The predicted octanol–water partition coefficient (Wildman–Crippen LogP) is 1.92. The van der Waals surface area contributed by atoms with Gasteiger partial charge in [0.1, 0.15) is 0 Å². The molecule has 0 atom stereocenters. The molecule has 1 N–H and O–H groups in total. The second-order valence-corrected chi connectivity index (χ2v) is 5.01. The maximum atomic E-state index is 5.41. The third kappa shape index (κ3) is 5.51. The van der Waals surface area contributed by atoms with Crippen LogP contribution >= 0.6 is 0 Å². The molecule has 0 aliphatic heterocycles. The summed E-state index contributed by atoms with van der Waals surface area (Å²) in [5.74, 6) is 1.08. The molecular weight excluding hydrogens is 252 g/mol. The topological polar surface area (TPSA) is 42.3 Å². The summed E-state index contributed by atoms with van der Waals surface area (Å²) in [5, 5.41) is 3.18. The molecular formula is C15H30N4O. The van der Waals surface area contributed by atoms with E-state index >= 15 is 0 Å². The highest BCUT2D eigenvalue weighted by molar-refractivity contribution is 5.32. The van der Waals surface area contributed by atoms with E-state index in [1.54, 1.807) is 0 Å². The van der Waals surface area contributed by atoms with E-state index in [1.165, 1.54) is 0 Å². The molecule has 0 radical (unpaired) electrons. The molecule has 20 heavy (non-hydrogen) atoms. The van der Waals surface area contributed by atoms with Gasteiger partial charge in [0.05, 0.1) is 5.69 Å². The maximum absolute atomic E-state index is 5.41. The summed E-state index contributed by atoms with van der Waals surface area (Å²) in [5.41, 5.74) is 1.16. The van der Waals surface area contributed by atoms with Gasteiger partial charge in [-0.1, -0.05) is 6.92 Å². The minimum Gasteiger partial charge on any atom is -0.382 e. The van der Waals surface area contributed by atoms with Crippen molar-refractivity contribution in [3.05, 3.63) is 11.9 Å². The average Bonchev–Trinajstić information content (AvgIpc) is 2.87. The van der Waals surface area contributed by atoms with Crippen molar-refractivity contribution < 1.29 is 4.74 Å². The molecule has 0 spiro atoms. The first-order valence-electron chi connectivity index (χ1n) is 7.72. The van der Waals surface area contributed by atoms with Gasteiger partial charge < -0.3 is 19.5 Å². The van der Waals surface area contributed by atoms with Gasteiger partial charge in [0.2, 0.25) is 5.95 Å². The standard InChI is InChI=1S/C15H30N4O/c1-5-14-13-19(11-8-12-20-6-2)15(17-14)18(4)10-7-9-16-3/h13,16H,5-12H2,1-4H3. The average molecular weight is 282 g/mol. The molecule has 0 fully saturated rings. The normalized spacial score (nSPS) is 11.0. The predicted molar refractivity (Wildman–Crippen MR) is 84.5 cm³/mol. The Labute approximate surface area is 123 Å². The number of nitrogens with one attached hydrogen (secondary N) is 1. The van der Waals surface area contributed by atoms with E-state index < -0.39 is 0 Å². The molecule has 0 aromatic carbocycles. The number of ether oxygens (including phenoxy) is 1. The van der Waals surface area contributed by atoms with Crippen molar-refractivity contribution in [2.24, 2.45) is 0 Å². The van der Waals surface area contributed by atoms with E-state index in [9.17, 15) is 0 Å². The Bertz CT molecular complexity index is 365. The zero-order valence-corrected chi connectivity index (χ0v) is 13.5. The summed E-state index contributed by atoms with van der Waals surface area (Å²) in [7, 11) is 4.11. The quantitative estimate of drug-likeness (QED) is 0.630. The molecule has 0 aliphatic carbocycles. The van der Waals surface area contributed by atoms with Crippen LogP contribution in [0.1, 0.15) is 32.4 Å². The summed E-state index contributed by atoms with van der Waals surface area (Å²) < 4.78 is 7.67. The molecule has 1 rings (SSSR count). The third-order valence-corrected chi connectivity index (χ3v) is 3.32. The Balaban J connectivity index is 2.59. The second kappa shape index (κ2) is 9.77. The molecule has 5 heteroatoms. The fraction of sp³-hybridized carbons (Fsp3) is 0.800. The lowest BCUT2D eigenvalue weighted by Crippen LogP contribution is -2.25. The zero-order chi connectivity index (χ0) is 14.8. The van der Waals surface area contributed by atoms with Gasteiger partial charge in [-0.2, -0.15) is 0 Å². The molecule has 0 bridgehead atoms. The summed E-state index contributed by atoms with van der Waals surface area (Å²) in [6.45, 7) is 8.83. The summed E-state index contributed by atoms with van der Waals surface area (Å²) in [6, 6.07) is 0. The van der Waals surface area contributed by atoms with Crippen molar-refractivity contribution >= 4 is 5.95 Å². The molecule has 1 aromatic heterocycles. The Morgan fingerprint density at radius 2 is 2.15 bits per heavy atom.